The minimum Gasteiger partial charge on any atom is -0.377 e. The lowest BCUT2D eigenvalue weighted by molar-refractivity contribution is 0.178. The van der Waals surface area contributed by atoms with Gasteiger partial charge in [0.15, 0.2) is 5.82 Å². The van der Waals surface area contributed by atoms with Crippen molar-refractivity contribution in [3.63, 3.8) is 0 Å². The Morgan fingerprint density at radius 2 is 2.28 bits per heavy atom. The molecule has 2 rings (SSSR count). The fourth-order valence-corrected chi connectivity index (χ4v) is 2.71. The summed E-state index contributed by atoms with van der Waals surface area (Å²) in [5.41, 5.74) is 0. The van der Waals surface area contributed by atoms with E-state index in [9.17, 15) is 0 Å². The third-order valence-corrected chi connectivity index (χ3v) is 3.50. The molecule has 0 bridgehead atoms. The number of methoxy groups -OCH3 is 1. The maximum absolute atomic E-state index is 5.99. The van der Waals surface area contributed by atoms with E-state index in [2.05, 4.69) is 22.2 Å². The van der Waals surface area contributed by atoms with Gasteiger partial charge in [-0.15, -0.1) is 0 Å². The van der Waals surface area contributed by atoms with Crippen molar-refractivity contribution in [3.05, 3.63) is 17.0 Å². The van der Waals surface area contributed by atoms with Crippen LogP contribution in [0.3, 0.4) is 0 Å². The SMILES string of the molecule is COCc1nc(Cl)cc(NC2CCCC(C)C2)n1. The topological polar surface area (TPSA) is 47.0 Å². The molecule has 0 spiro atoms. The molecule has 0 amide bonds. The van der Waals surface area contributed by atoms with Crippen LogP contribution in [-0.4, -0.2) is 23.1 Å². The lowest BCUT2D eigenvalue weighted by Crippen LogP contribution is -2.26. The number of anilines is 1. The molecule has 0 aliphatic heterocycles. The van der Waals surface area contributed by atoms with Crippen LogP contribution in [0.1, 0.15) is 38.4 Å². The molecule has 1 heterocycles. The van der Waals surface area contributed by atoms with Crippen LogP contribution in [0.15, 0.2) is 6.07 Å². The normalized spacial score (nSPS) is 23.9. The molecule has 1 aromatic rings. The van der Waals surface area contributed by atoms with Gasteiger partial charge in [0.25, 0.3) is 0 Å². The molecule has 1 N–H and O–H groups in total. The lowest BCUT2D eigenvalue weighted by atomic mass is 9.87. The smallest absolute Gasteiger partial charge is 0.158 e. The van der Waals surface area contributed by atoms with Gasteiger partial charge in [-0.1, -0.05) is 31.4 Å². The van der Waals surface area contributed by atoms with Crippen molar-refractivity contribution in [3.8, 4) is 0 Å². The molecule has 18 heavy (non-hydrogen) atoms. The molecular formula is C13H20ClN3O. The molecule has 1 aliphatic rings. The van der Waals surface area contributed by atoms with Gasteiger partial charge in [0.1, 0.15) is 17.6 Å². The molecule has 1 saturated carbocycles. The van der Waals surface area contributed by atoms with E-state index < -0.39 is 0 Å². The first-order chi connectivity index (χ1) is 8.67. The number of aromatic nitrogens is 2. The predicted octanol–water partition coefficient (Wildman–Crippen LogP) is 3.27. The maximum Gasteiger partial charge on any atom is 0.158 e. The summed E-state index contributed by atoms with van der Waals surface area (Å²) in [6.07, 6.45) is 5.01. The van der Waals surface area contributed by atoms with Gasteiger partial charge in [0.2, 0.25) is 0 Å². The average Bonchev–Trinajstić information content (AvgIpc) is 2.28. The number of nitrogens with zero attached hydrogens (tertiary/aromatic N) is 2. The van der Waals surface area contributed by atoms with E-state index in [1.54, 1.807) is 13.2 Å². The van der Waals surface area contributed by atoms with Gasteiger partial charge in [0, 0.05) is 19.2 Å². The standard InChI is InChI=1S/C13H20ClN3O/c1-9-4-3-5-10(6-9)15-12-7-11(14)16-13(17-12)8-18-2/h7,9-10H,3-6,8H2,1-2H3,(H,15,16,17). The highest BCUT2D eigenvalue weighted by Crippen LogP contribution is 2.26. The van der Waals surface area contributed by atoms with E-state index in [0.29, 0.717) is 23.6 Å². The number of ether oxygens (including phenoxy) is 1. The van der Waals surface area contributed by atoms with E-state index in [1.165, 1.54) is 25.7 Å². The van der Waals surface area contributed by atoms with Crippen LogP contribution in [0.5, 0.6) is 0 Å². The van der Waals surface area contributed by atoms with Crippen LogP contribution in [0.25, 0.3) is 0 Å². The first kappa shape index (κ1) is 13.6. The Balaban J connectivity index is 2.03. The Kier molecular flexibility index (Phi) is 4.78. The summed E-state index contributed by atoms with van der Waals surface area (Å²) in [5, 5.41) is 3.92. The van der Waals surface area contributed by atoms with E-state index >= 15 is 0 Å². The number of halogens is 1. The maximum atomic E-state index is 5.99. The van der Waals surface area contributed by atoms with Gasteiger partial charge >= 0.3 is 0 Å². The monoisotopic (exact) mass is 269 g/mol. The zero-order chi connectivity index (χ0) is 13.0. The zero-order valence-electron chi connectivity index (χ0n) is 10.9. The molecule has 2 unspecified atom stereocenters. The van der Waals surface area contributed by atoms with Crippen molar-refractivity contribution in [1.82, 2.24) is 9.97 Å². The molecule has 0 radical (unpaired) electrons. The van der Waals surface area contributed by atoms with E-state index in [0.717, 1.165) is 11.7 Å². The summed E-state index contributed by atoms with van der Waals surface area (Å²) in [6.45, 7) is 2.69. The third-order valence-electron chi connectivity index (χ3n) is 3.30. The average molecular weight is 270 g/mol. The highest BCUT2D eigenvalue weighted by molar-refractivity contribution is 6.29. The zero-order valence-corrected chi connectivity index (χ0v) is 11.7. The summed E-state index contributed by atoms with van der Waals surface area (Å²) in [7, 11) is 1.63. The largest absolute Gasteiger partial charge is 0.377 e. The number of nitrogens with one attached hydrogen (secondary N) is 1. The van der Waals surface area contributed by atoms with E-state index in [4.69, 9.17) is 16.3 Å². The van der Waals surface area contributed by atoms with Crippen LogP contribution in [-0.2, 0) is 11.3 Å². The van der Waals surface area contributed by atoms with Crippen molar-refractivity contribution in [2.45, 2.75) is 45.3 Å². The Bertz CT molecular complexity index is 400. The summed E-state index contributed by atoms with van der Waals surface area (Å²) in [6, 6.07) is 2.27. The van der Waals surface area contributed by atoms with Gasteiger partial charge in [0.05, 0.1) is 0 Å². The fourth-order valence-electron chi connectivity index (χ4n) is 2.51. The van der Waals surface area contributed by atoms with E-state index in [1.807, 2.05) is 0 Å². The first-order valence-corrected chi connectivity index (χ1v) is 6.84. The highest BCUT2D eigenvalue weighted by Gasteiger charge is 2.19. The Morgan fingerprint density at radius 1 is 1.44 bits per heavy atom. The van der Waals surface area contributed by atoms with Crippen LogP contribution in [0.2, 0.25) is 5.15 Å². The van der Waals surface area contributed by atoms with Gasteiger partial charge in [-0.05, 0) is 18.8 Å². The molecule has 0 aromatic carbocycles. The van der Waals surface area contributed by atoms with Gasteiger partial charge in [-0.2, -0.15) is 0 Å². The van der Waals surface area contributed by atoms with Crippen molar-refractivity contribution >= 4 is 17.4 Å². The highest BCUT2D eigenvalue weighted by atomic mass is 35.5. The molecule has 1 aromatic heterocycles. The van der Waals surface area contributed by atoms with Crippen LogP contribution in [0.4, 0.5) is 5.82 Å². The first-order valence-electron chi connectivity index (χ1n) is 6.46. The number of rotatable bonds is 4. The van der Waals surface area contributed by atoms with Crippen molar-refractivity contribution in [1.29, 1.82) is 0 Å². The second-order valence-corrected chi connectivity index (χ2v) is 5.43. The number of hydrogen-bond donors (Lipinski definition) is 1. The second-order valence-electron chi connectivity index (χ2n) is 5.04. The molecule has 1 aliphatic carbocycles. The molecule has 5 heteroatoms. The minimum atomic E-state index is 0.385. The van der Waals surface area contributed by atoms with Gasteiger partial charge < -0.3 is 10.1 Å². The van der Waals surface area contributed by atoms with Gasteiger partial charge in [-0.25, -0.2) is 9.97 Å². The predicted molar refractivity (Wildman–Crippen MR) is 72.8 cm³/mol. The molecule has 100 valence electrons. The Hall–Kier alpha value is -0.870. The lowest BCUT2D eigenvalue weighted by Gasteiger charge is -2.27. The van der Waals surface area contributed by atoms with Crippen LogP contribution in [0, 0.1) is 5.92 Å². The Morgan fingerprint density at radius 3 is 3.00 bits per heavy atom. The van der Waals surface area contributed by atoms with Crippen LogP contribution < -0.4 is 5.32 Å². The molecule has 4 nitrogen and oxygen atoms in total. The summed E-state index contributed by atoms with van der Waals surface area (Å²) in [5.74, 6) is 2.21. The molecule has 1 fully saturated rings. The third kappa shape index (κ3) is 3.82. The second kappa shape index (κ2) is 6.34. The summed E-state index contributed by atoms with van der Waals surface area (Å²) < 4.78 is 5.03. The van der Waals surface area contributed by atoms with Crippen molar-refractivity contribution < 1.29 is 4.74 Å². The molecule has 0 saturated heterocycles. The van der Waals surface area contributed by atoms with Crippen LogP contribution >= 0.6 is 11.6 Å². The van der Waals surface area contributed by atoms with Gasteiger partial charge in [-0.3, -0.25) is 0 Å². The quantitative estimate of drug-likeness (QED) is 0.853. The number of hydrogen-bond acceptors (Lipinski definition) is 4. The Labute approximate surface area is 113 Å². The van der Waals surface area contributed by atoms with E-state index in [-0.39, 0.29) is 0 Å². The minimum absolute atomic E-state index is 0.385. The van der Waals surface area contributed by atoms with Crippen molar-refractivity contribution in [2.24, 2.45) is 5.92 Å². The summed E-state index contributed by atoms with van der Waals surface area (Å²) >= 11 is 5.99. The molecule has 2 atom stereocenters. The summed E-state index contributed by atoms with van der Waals surface area (Å²) in [4.78, 5) is 8.53. The molecular weight excluding hydrogens is 250 g/mol. The van der Waals surface area contributed by atoms with Crippen molar-refractivity contribution in [2.75, 3.05) is 12.4 Å². The fraction of sp³-hybridized carbons (Fsp3) is 0.692.